The van der Waals surface area contributed by atoms with Crippen molar-refractivity contribution in [1.29, 1.82) is 0 Å². The molecule has 0 radical (unpaired) electrons. The lowest BCUT2D eigenvalue weighted by molar-refractivity contribution is 0.660. The van der Waals surface area contributed by atoms with Crippen LogP contribution in [0.1, 0.15) is 25.0 Å². The van der Waals surface area contributed by atoms with Gasteiger partial charge >= 0.3 is 0 Å². The molecule has 204 valence electrons. The average molecular weight is 554 g/mol. The van der Waals surface area contributed by atoms with Gasteiger partial charge in [0, 0.05) is 39.1 Å². The normalized spacial score (nSPS) is 13.5. The summed E-state index contributed by atoms with van der Waals surface area (Å²) < 4.78 is 8.45. The first kappa shape index (κ1) is 24.2. The van der Waals surface area contributed by atoms with Gasteiger partial charge in [0.05, 0.1) is 17.6 Å². The van der Waals surface area contributed by atoms with Crippen molar-refractivity contribution in [3.63, 3.8) is 0 Å². The molecule has 1 aliphatic carbocycles. The molecule has 0 bridgehead atoms. The fourth-order valence-corrected chi connectivity index (χ4v) is 6.88. The Labute approximate surface area is 248 Å². The first-order chi connectivity index (χ1) is 21.1. The molecule has 4 nitrogen and oxygen atoms in total. The molecule has 1 aliphatic rings. The molecule has 3 heterocycles. The van der Waals surface area contributed by atoms with Gasteiger partial charge in [-0.05, 0) is 46.5 Å². The Kier molecular flexibility index (Phi) is 4.92. The topological polar surface area (TPSA) is 43.3 Å². The molecular weight excluding hydrogens is 526 g/mol. The molecule has 8 aromatic rings. The lowest BCUT2D eigenvalue weighted by Crippen LogP contribution is -2.15. The Balaban J connectivity index is 1.28. The van der Waals surface area contributed by atoms with Crippen LogP contribution in [0.3, 0.4) is 0 Å². The molecule has 0 unspecified atom stereocenters. The van der Waals surface area contributed by atoms with Crippen molar-refractivity contribution >= 4 is 27.6 Å². The zero-order chi connectivity index (χ0) is 28.7. The van der Waals surface area contributed by atoms with Crippen LogP contribution in [-0.2, 0) is 5.41 Å². The fraction of sp³-hybridized carbons (Fsp3) is 0.0769. The second kappa shape index (κ2) is 8.76. The van der Waals surface area contributed by atoms with Crippen LogP contribution in [0, 0.1) is 0 Å². The summed E-state index contributed by atoms with van der Waals surface area (Å²) in [6, 6.07) is 40.5. The van der Waals surface area contributed by atoms with E-state index in [1.165, 1.54) is 22.3 Å². The quantitative estimate of drug-likeness (QED) is 0.219. The van der Waals surface area contributed by atoms with E-state index >= 15 is 0 Å². The third kappa shape index (κ3) is 3.50. The van der Waals surface area contributed by atoms with Gasteiger partial charge in [-0.25, -0.2) is 9.97 Å². The summed E-state index contributed by atoms with van der Waals surface area (Å²) in [6.45, 7) is 4.63. The number of rotatable bonds is 3. The molecule has 0 amide bonds. The van der Waals surface area contributed by atoms with Crippen LogP contribution in [0.15, 0.2) is 132 Å². The molecule has 3 aromatic heterocycles. The van der Waals surface area contributed by atoms with Gasteiger partial charge < -0.3 is 4.42 Å². The van der Waals surface area contributed by atoms with Gasteiger partial charge in [-0.2, -0.15) is 0 Å². The standard InChI is InChI=1S/C39H27N3O/c1-39(2)31-14-8-6-12-27(31)28-18-16-25(20-32(28)39)33-23-42-34(24-10-4-3-5-11-24)22-40-38(42)37(41-33)26-17-19-30-29-13-7-9-15-35(29)43-36(30)21-26/h3-23H,1-2H3. The summed E-state index contributed by atoms with van der Waals surface area (Å²) in [6.07, 6.45) is 4.08. The lowest BCUT2D eigenvalue weighted by Gasteiger charge is -2.22. The average Bonchev–Trinajstić information content (AvgIpc) is 3.71. The van der Waals surface area contributed by atoms with Gasteiger partial charge in [-0.15, -0.1) is 0 Å². The summed E-state index contributed by atoms with van der Waals surface area (Å²) in [4.78, 5) is 10.2. The molecule has 0 saturated heterocycles. The van der Waals surface area contributed by atoms with Crippen molar-refractivity contribution in [1.82, 2.24) is 14.4 Å². The van der Waals surface area contributed by atoms with E-state index in [0.29, 0.717) is 0 Å². The molecule has 0 aliphatic heterocycles. The molecule has 9 rings (SSSR count). The van der Waals surface area contributed by atoms with Crippen molar-refractivity contribution in [3.8, 4) is 44.9 Å². The number of para-hydroxylation sites is 1. The molecule has 0 atom stereocenters. The Hall–Kier alpha value is -5.48. The van der Waals surface area contributed by atoms with Crippen LogP contribution < -0.4 is 0 Å². The number of furan rings is 1. The van der Waals surface area contributed by atoms with E-state index in [9.17, 15) is 0 Å². The zero-order valence-electron chi connectivity index (χ0n) is 23.9. The highest BCUT2D eigenvalue weighted by molar-refractivity contribution is 6.06. The third-order valence-corrected chi connectivity index (χ3v) is 9.09. The van der Waals surface area contributed by atoms with Gasteiger partial charge in [-0.3, -0.25) is 4.40 Å². The predicted molar refractivity (Wildman–Crippen MR) is 174 cm³/mol. The van der Waals surface area contributed by atoms with Crippen LogP contribution in [-0.4, -0.2) is 14.4 Å². The molecule has 43 heavy (non-hydrogen) atoms. The number of benzene rings is 5. The van der Waals surface area contributed by atoms with Crippen molar-refractivity contribution in [2.24, 2.45) is 0 Å². The minimum Gasteiger partial charge on any atom is -0.456 e. The Morgan fingerprint density at radius 3 is 2.28 bits per heavy atom. The number of aromatic nitrogens is 3. The van der Waals surface area contributed by atoms with Gasteiger partial charge in [0.2, 0.25) is 0 Å². The van der Waals surface area contributed by atoms with E-state index < -0.39 is 0 Å². The highest BCUT2D eigenvalue weighted by Crippen LogP contribution is 2.49. The maximum atomic E-state index is 6.27. The zero-order valence-corrected chi connectivity index (χ0v) is 23.9. The number of fused-ring (bicyclic) bond motifs is 7. The van der Waals surface area contributed by atoms with Crippen molar-refractivity contribution in [2.45, 2.75) is 19.3 Å². The number of imidazole rings is 1. The molecular formula is C39H27N3O. The smallest absolute Gasteiger partial charge is 0.164 e. The molecule has 5 aromatic carbocycles. The Morgan fingerprint density at radius 2 is 1.37 bits per heavy atom. The SMILES string of the molecule is CC1(C)c2ccccc2-c2ccc(-c3cn4c(-c5ccccc5)cnc4c(-c4ccc5c(c4)oc4ccccc45)n3)cc21. The maximum Gasteiger partial charge on any atom is 0.164 e. The van der Waals surface area contributed by atoms with E-state index in [-0.39, 0.29) is 5.41 Å². The van der Waals surface area contributed by atoms with Gasteiger partial charge in [0.15, 0.2) is 5.65 Å². The highest BCUT2D eigenvalue weighted by atomic mass is 16.3. The number of hydrogen-bond acceptors (Lipinski definition) is 3. The van der Waals surface area contributed by atoms with Crippen LogP contribution in [0.4, 0.5) is 0 Å². The first-order valence-electron chi connectivity index (χ1n) is 14.7. The van der Waals surface area contributed by atoms with Crippen molar-refractivity contribution < 1.29 is 4.42 Å². The molecule has 4 heteroatoms. The first-order valence-corrected chi connectivity index (χ1v) is 14.7. The summed E-state index contributed by atoms with van der Waals surface area (Å²) in [5.74, 6) is 0. The molecule has 0 N–H and O–H groups in total. The lowest BCUT2D eigenvalue weighted by atomic mass is 9.82. The number of hydrogen-bond donors (Lipinski definition) is 0. The fourth-order valence-electron chi connectivity index (χ4n) is 6.88. The van der Waals surface area contributed by atoms with E-state index in [2.05, 4.69) is 115 Å². The maximum absolute atomic E-state index is 6.27. The summed E-state index contributed by atoms with van der Waals surface area (Å²) in [5.41, 5.74) is 13.7. The molecule has 0 fully saturated rings. The monoisotopic (exact) mass is 553 g/mol. The van der Waals surface area contributed by atoms with E-state index in [1.807, 2.05) is 30.5 Å². The third-order valence-electron chi connectivity index (χ3n) is 9.09. The second-order valence-corrected chi connectivity index (χ2v) is 11.9. The predicted octanol–water partition coefficient (Wildman–Crippen LogP) is 9.94. The minimum atomic E-state index is -0.0919. The summed E-state index contributed by atoms with van der Waals surface area (Å²) in [5, 5.41) is 2.21. The second-order valence-electron chi connectivity index (χ2n) is 11.9. The molecule has 0 saturated carbocycles. The largest absolute Gasteiger partial charge is 0.456 e. The number of nitrogens with zero attached hydrogens (tertiary/aromatic N) is 3. The van der Waals surface area contributed by atoms with Gasteiger partial charge in [0.1, 0.15) is 16.9 Å². The van der Waals surface area contributed by atoms with Crippen LogP contribution in [0.2, 0.25) is 0 Å². The highest BCUT2D eigenvalue weighted by Gasteiger charge is 2.35. The minimum absolute atomic E-state index is 0.0919. The van der Waals surface area contributed by atoms with E-state index in [0.717, 1.165) is 61.4 Å². The Bertz CT molecular complexity index is 2380. The van der Waals surface area contributed by atoms with Crippen LogP contribution >= 0.6 is 0 Å². The summed E-state index contributed by atoms with van der Waals surface area (Å²) in [7, 11) is 0. The van der Waals surface area contributed by atoms with Gasteiger partial charge in [0.25, 0.3) is 0 Å². The van der Waals surface area contributed by atoms with Crippen LogP contribution in [0.25, 0.3) is 72.5 Å². The summed E-state index contributed by atoms with van der Waals surface area (Å²) >= 11 is 0. The molecule has 0 spiro atoms. The van der Waals surface area contributed by atoms with Crippen LogP contribution in [0.5, 0.6) is 0 Å². The van der Waals surface area contributed by atoms with E-state index in [1.54, 1.807) is 0 Å². The van der Waals surface area contributed by atoms with Crippen molar-refractivity contribution in [2.75, 3.05) is 0 Å². The van der Waals surface area contributed by atoms with E-state index in [4.69, 9.17) is 14.4 Å². The Morgan fingerprint density at radius 1 is 0.628 bits per heavy atom. The van der Waals surface area contributed by atoms with Crippen molar-refractivity contribution in [3.05, 3.63) is 139 Å². The van der Waals surface area contributed by atoms with Gasteiger partial charge in [-0.1, -0.05) is 105 Å².